The Balaban J connectivity index is 1.35. The van der Waals surface area contributed by atoms with Gasteiger partial charge in [-0.2, -0.15) is 4.72 Å². The Hall–Kier alpha value is -3.63. The summed E-state index contributed by atoms with van der Waals surface area (Å²) in [5.74, 6) is -3.33. The van der Waals surface area contributed by atoms with E-state index in [2.05, 4.69) is 14.7 Å². The number of thiazole rings is 1. The first kappa shape index (κ1) is 29.8. The van der Waals surface area contributed by atoms with Crippen LogP contribution in [0.1, 0.15) is 25.3 Å². The van der Waals surface area contributed by atoms with Crippen LogP contribution in [0.15, 0.2) is 34.8 Å². The van der Waals surface area contributed by atoms with Crippen molar-refractivity contribution in [1.82, 2.24) is 19.6 Å². The number of fused-ring (bicyclic) bond motifs is 1. The summed E-state index contributed by atoms with van der Waals surface area (Å²) < 4.78 is 66.5. The first-order chi connectivity index (χ1) is 19.9. The van der Waals surface area contributed by atoms with Crippen molar-refractivity contribution in [3.63, 3.8) is 0 Å². The lowest BCUT2D eigenvalue weighted by Gasteiger charge is -2.27. The summed E-state index contributed by atoms with van der Waals surface area (Å²) in [7, 11) is -2.73. The fourth-order valence-electron chi connectivity index (χ4n) is 5.17. The number of sulfonamides is 1. The molecule has 42 heavy (non-hydrogen) atoms. The first-order valence-corrected chi connectivity index (χ1v) is 15.5. The number of likely N-dealkylation sites (tertiary alicyclic amines) is 1. The number of halogens is 2. The molecule has 12 nitrogen and oxygen atoms in total. The predicted molar refractivity (Wildman–Crippen MR) is 151 cm³/mol. The van der Waals surface area contributed by atoms with Crippen LogP contribution in [-0.2, 0) is 30.8 Å². The summed E-state index contributed by atoms with van der Waals surface area (Å²) in [6.07, 6.45) is 2.46. The van der Waals surface area contributed by atoms with Gasteiger partial charge in [-0.3, -0.25) is 4.79 Å². The highest BCUT2D eigenvalue weighted by atomic mass is 32.2. The number of carbonyl (C=O) groups excluding carboxylic acids is 2. The topological polar surface area (TPSA) is 157 Å². The van der Waals surface area contributed by atoms with E-state index in [0.717, 1.165) is 22.9 Å². The van der Waals surface area contributed by atoms with Crippen LogP contribution in [0.3, 0.4) is 0 Å². The Kier molecular flexibility index (Phi) is 8.22. The van der Waals surface area contributed by atoms with Crippen molar-refractivity contribution in [2.24, 2.45) is 0 Å². The van der Waals surface area contributed by atoms with E-state index in [9.17, 15) is 26.8 Å². The second-order valence-electron chi connectivity index (χ2n) is 10.0. The van der Waals surface area contributed by atoms with Crippen LogP contribution in [0, 0.1) is 0 Å². The van der Waals surface area contributed by atoms with Gasteiger partial charge in [0, 0.05) is 37.5 Å². The molecule has 0 radical (unpaired) electrons. The molecule has 2 unspecified atom stereocenters. The third-order valence-electron chi connectivity index (χ3n) is 7.26. The maximum absolute atomic E-state index is 13.6. The molecule has 0 bridgehead atoms. The second kappa shape index (κ2) is 11.6. The molecule has 0 spiro atoms. The average Bonchev–Trinajstić information content (AvgIpc) is 3.66. The van der Waals surface area contributed by atoms with Crippen LogP contribution in [0.4, 0.5) is 19.7 Å². The Morgan fingerprint density at radius 3 is 2.79 bits per heavy atom. The van der Waals surface area contributed by atoms with Crippen molar-refractivity contribution in [2.75, 3.05) is 44.0 Å². The molecule has 0 saturated carbocycles. The monoisotopic (exact) mass is 624 g/mol. The average molecular weight is 625 g/mol. The van der Waals surface area contributed by atoms with Crippen LogP contribution in [-0.4, -0.2) is 86.5 Å². The molecule has 3 N–H and O–H groups in total. The number of esters is 1. The lowest BCUT2D eigenvalue weighted by Crippen LogP contribution is -2.48. The van der Waals surface area contributed by atoms with E-state index >= 15 is 0 Å². The SMILES string of the molecule is CCOC(=O)C(Cc1cc2ccnc(N)c2cc1OC)N1CCC(NS(=O)(=O)c2cnc(N3CCC(F)(F)C3)s2)C1=O. The predicted octanol–water partition coefficient (Wildman–Crippen LogP) is 2.18. The zero-order chi connectivity index (χ0) is 30.2. The number of ether oxygens (including phenoxy) is 2. The van der Waals surface area contributed by atoms with Crippen molar-refractivity contribution in [1.29, 1.82) is 0 Å². The highest BCUT2D eigenvalue weighted by Gasteiger charge is 2.43. The van der Waals surface area contributed by atoms with Crippen LogP contribution < -0.4 is 20.1 Å². The molecule has 1 amide bonds. The van der Waals surface area contributed by atoms with Crippen LogP contribution in [0.5, 0.6) is 5.75 Å². The van der Waals surface area contributed by atoms with Gasteiger partial charge < -0.3 is 25.0 Å². The molecule has 2 saturated heterocycles. The highest BCUT2D eigenvalue weighted by Crippen LogP contribution is 2.35. The van der Waals surface area contributed by atoms with Crippen LogP contribution in [0.2, 0.25) is 0 Å². The van der Waals surface area contributed by atoms with Gasteiger partial charge in [0.25, 0.3) is 15.9 Å². The largest absolute Gasteiger partial charge is 0.496 e. The number of benzene rings is 1. The van der Waals surface area contributed by atoms with E-state index < -0.39 is 46.5 Å². The number of nitrogens with zero attached hydrogens (tertiary/aromatic N) is 4. The van der Waals surface area contributed by atoms with Gasteiger partial charge in [-0.05, 0) is 42.5 Å². The number of nitrogens with one attached hydrogen (secondary N) is 1. The summed E-state index contributed by atoms with van der Waals surface area (Å²) >= 11 is 0.753. The van der Waals surface area contributed by atoms with Gasteiger partial charge >= 0.3 is 5.97 Å². The number of alkyl halides is 2. The maximum Gasteiger partial charge on any atom is 0.329 e. The van der Waals surface area contributed by atoms with Crippen molar-refractivity contribution >= 4 is 55.0 Å². The summed E-state index contributed by atoms with van der Waals surface area (Å²) in [4.78, 5) is 37.3. The molecule has 2 fully saturated rings. The molecular formula is C26H30F2N6O6S2. The van der Waals surface area contributed by atoms with Gasteiger partial charge in [-0.1, -0.05) is 11.3 Å². The number of rotatable bonds is 10. The van der Waals surface area contributed by atoms with E-state index in [1.807, 2.05) is 0 Å². The standard InChI is InChI=1S/C26H30F2N6O6S2/c1-3-40-24(36)19(11-16-10-15-4-7-30-22(29)17(15)12-20(16)39-2)34-8-5-18(23(34)35)32-42(37,38)21-13-31-25(41-21)33-9-6-26(27,28)14-33/h4,7,10,12-13,18-19,32H,3,5-6,8-9,11,14H2,1-2H3,(H2,29,30). The molecule has 2 atom stereocenters. The molecule has 226 valence electrons. The van der Waals surface area contributed by atoms with Crippen molar-refractivity contribution in [2.45, 2.75) is 48.4 Å². The van der Waals surface area contributed by atoms with E-state index in [4.69, 9.17) is 15.2 Å². The van der Waals surface area contributed by atoms with E-state index in [-0.39, 0.29) is 48.3 Å². The van der Waals surface area contributed by atoms with Crippen molar-refractivity contribution in [3.05, 3.63) is 36.2 Å². The molecule has 0 aliphatic carbocycles. The van der Waals surface area contributed by atoms with Crippen LogP contribution >= 0.6 is 11.3 Å². The summed E-state index contributed by atoms with van der Waals surface area (Å²) in [6, 6.07) is 3.09. The molecule has 1 aromatic carbocycles. The zero-order valence-electron chi connectivity index (χ0n) is 22.9. The second-order valence-corrected chi connectivity index (χ2v) is 13.0. The smallest absolute Gasteiger partial charge is 0.329 e. The van der Waals surface area contributed by atoms with Gasteiger partial charge in [-0.15, -0.1) is 0 Å². The molecule has 16 heteroatoms. The van der Waals surface area contributed by atoms with Crippen molar-refractivity contribution in [3.8, 4) is 5.75 Å². The van der Waals surface area contributed by atoms with E-state index in [0.29, 0.717) is 22.5 Å². The number of amides is 1. The van der Waals surface area contributed by atoms with Crippen molar-refractivity contribution < 1.29 is 36.3 Å². The Morgan fingerprint density at radius 2 is 2.10 bits per heavy atom. The minimum absolute atomic E-state index is 0.0457. The number of nitrogens with two attached hydrogens (primary N) is 1. The Labute approximate surface area is 244 Å². The number of methoxy groups -OCH3 is 1. The number of hydrogen-bond donors (Lipinski definition) is 2. The number of aromatic nitrogens is 2. The number of nitrogen functional groups attached to an aromatic ring is 1. The fourth-order valence-corrected chi connectivity index (χ4v) is 7.56. The normalized spacial score (nSPS) is 19.4. The molecule has 2 aromatic heterocycles. The minimum Gasteiger partial charge on any atom is -0.496 e. The summed E-state index contributed by atoms with van der Waals surface area (Å²) in [5, 5.41) is 1.60. The molecule has 2 aliphatic rings. The van der Waals surface area contributed by atoms with E-state index in [1.165, 1.54) is 16.9 Å². The number of hydrogen-bond acceptors (Lipinski definition) is 11. The number of carbonyl (C=O) groups is 2. The van der Waals surface area contributed by atoms with Crippen LogP contribution in [0.25, 0.3) is 10.8 Å². The number of anilines is 2. The van der Waals surface area contributed by atoms with Gasteiger partial charge in [0.2, 0.25) is 5.91 Å². The third kappa shape index (κ3) is 5.96. The first-order valence-electron chi connectivity index (χ1n) is 13.2. The number of pyridine rings is 1. The molecule has 4 heterocycles. The van der Waals surface area contributed by atoms with Gasteiger partial charge in [-0.25, -0.2) is 32.0 Å². The van der Waals surface area contributed by atoms with Gasteiger partial charge in [0.05, 0.1) is 26.5 Å². The quantitative estimate of drug-likeness (QED) is 0.321. The van der Waals surface area contributed by atoms with Gasteiger partial charge in [0.1, 0.15) is 23.7 Å². The summed E-state index contributed by atoms with van der Waals surface area (Å²) in [6.45, 7) is 1.35. The molecule has 5 rings (SSSR count). The zero-order valence-corrected chi connectivity index (χ0v) is 24.5. The Bertz CT molecular complexity index is 1620. The van der Waals surface area contributed by atoms with E-state index in [1.54, 1.807) is 31.3 Å². The lowest BCUT2D eigenvalue weighted by atomic mass is 10.00. The molecule has 3 aromatic rings. The third-order valence-corrected chi connectivity index (χ3v) is 10.2. The fraction of sp³-hybridized carbons (Fsp3) is 0.462. The maximum atomic E-state index is 13.6. The highest BCUT2D eigenvalue weighted by molar-refractivity contribution is 7.91. The Morgan fingerprint density at radius 1 is 1.31 bits per heavy atom. The molecular weight excluding hydrogens is 594 g/mol. The molecule has 2 aliphatic heterocycles. The minimum atomic E-state index is -4.20. The van der Waals surface area contributed by atoms with Gasteiger partial charge in [0.15, 0.2) is 9.34 Å². The summed E-state index contributed by atoms with van der Waals surface area (Å²) in [5.41, 5.74) is 6.62. The lowest BCUT2D eigenvalue weighted by molar-refractivity contribution is -0.153.